The van der Waals surface area contributed by atoms with Crippen LogP contribution in [0.5, 0.6) is 0 Å². The lowest BCUT2D eigenvalue weighted by Crippen LogP contribution is -2.44. The van der Waals surface area contributed by atoms with Gasteiger partial charge in [0.05, 0.1) is 0 Å². The van der Waals surface area contributed by atoms with Gasteiger partial charge in [-0.3, -0.25) is 0 Å². The van der Waals surface area contributed by atoms with Gasteiger partial charge in [-0.25, -0.2) is 8.78 Å². The van der Waals surface area contributed by atoms with E-state index in [9.17, 15) is 8.78 Å². The molecule has 0 bridgehead atoms. The van der Waals surface area contributed by atoms with Crippen molar-refractivity contribution in [3.8, 4) is 0 Å². The van der Waals surface area contributed by atoms with E-state index < -0.39 is 0 Å². The lowest BCUT2D eigenvalue weighted by Gasteiger charge is -2.41. The molecule has 0 amide bonds. The van der Waals surface area contributed by atoms with Gasteiger partial charge in [0.1, 0.15) is 11.6 Å². The van der Waals surface area contributed by atoms with Gasteiger partial charge < -0.3 is 5.73 Å². The molecule has 0 aliphatic heterocycles. The van der Waals surface area contributed by atoms with Crippen LogP contribution in [0.15, 0.2) is 12.1 Å². The van der Waals surface area contributed by atoms with Crippen LogP contribution in [0.3, 0.4) is 0 Å². The van der Waals surface area contributed by atoms with Crippen molar-refractivity contribution in [3.63, 3.8) is 0 Å². The number of hydrogen-bond donors (Lipinski definition) is 1. The van der Waals surface area contributed by atoms with Gasteiger partial charge in [-0.2, -0.15) is 0 Å². The van der Waals surface area contributed by atoms with E-state index in [1.54, 1.807) is 6.92 Å². The molecule has 0 aromatic heterocycles. The molecule has 1 aliphatic carbocycles. The monoisotopic (exact) mass is 211 g/mol. The molecule has 1 aromatic carbocycles. The van der Waals surface area contributed by atoms with Crippen LogP contribution in [-0.4, -0.2) is 6.04 Å². The molecule has 3 atom stereocenters. The van der Waals surface area contributed by atoms with Crippen molar-refractivity contribution in [3.05, 3.63) is 34.9 Å². The van der Waals surface area contributed by atoms with Gasteiger partial charge in [0.15, 0.2) is 0 Å². The standard InChI is InChI=1S/C12H15F2N/c1-6-3-11(14)9(4-10(6)13)8-5-12(15)7(8)2/h3-4,7-8,12H,5,15H2,1-2H3. The molecule has 1 nitrogen and oxygen atoms in total. The van der Waals surface area contributed by atoms with Gasteiger partial charge in [0.2, 0.25) is 0 Å². The molecule has 2 rings (SSSR count). The average molecular weight is 211 g/mol. The van der Waals surface area contributed by atoms with Crippen molar-refractivity contribution in [2.24, 2.45) is 11.7 Å². The Bertz CT molecular complexity index is 389. The lowest BCUT2D eigenvalue weighted by atomic mass is 9.67. The molecule has 0 spiro atoms. The van der Waals surface area contributed by atoms with Crippen LogP contribution in [-0.2, 0) is 0 Å². The normalized spacial score (nSPS) is 30.1. The highest BCUT2D eigenvalue weighted by Crippen LogP contribution is 2.42. The highest BCUT2D eigenvalue weighted by atomic mass is 19.1. The highest BCUT2D eigenvalue weighted by molar-refractivity contribution is 5.30. The fourth-order valence-corrected chi connectivity index (χ4v) is 2.18. The summed E-state index contributed by atoms with van der Waals surface area (Å²) in [5, 5.41) is 0. The number of aryl methyl sites for hydroxylation is 1. The van der Waals surface area contributed by atoms with Gasteiger partial charge in [0.25, 0.3) is 0 Å². The Hall–Kier alpha value is -0.960. The number of benzene rings is 1. The van der Waals surface area contributed by atoms with E-state index >= 15 is 0 Å². The lowest BCUT2D eigenvalue weighted by molar-refractivity contribution is 0.221. The molecule has 15 heavy (non-hydrogen) atoms. The molecule has 0 heterocycles. The van der Waals surface area contributed by atoms with E-state index in [1.165, 1.54) is 12.1 Å². The second-order valence-electron chi connectivity index (χ2n) is 4.49. The third-order valence-electron chi connectivity index (χ3n) is 3.51. The Morgan fingerprint density at radius 1 is 1.27 bits per heavy atom. The Labute approximate surface area is 88.3 Å². The van der Waals surface area contributed by atoms with E-state index in [2.05, 4.69) is 0 Å². The third kappa shape index (κ3) is 1.65. The van der Waals surface area contributed by atoms with E-state index in [1.807, 2.05) is 6.92 Å². The SMILES string of the molecule is Cc1cc(F)c(C2CC(N)C2C)cc1F. The van der Waals surface area contributed by atoms with Crippen molar-refractivity contribution >= 4 is 0 Å². The third-order valence-corrected chi connectivity index (χ3v) is 3.51. The summed E-state index contributed by atoms with van der Waals surface area (Å²) in [6.45, 7) is 3.55. The highest BCUT2D eigenvalue weighted by Gasteiger charge is 2.37. The largest absolute Gasteiger partial charge is 0.327 e. The summed E-state index contributed by atoms with van der Waals surface area (Å²) in [4.78, 5) is 0. The van der Waals surface area contributed by atoms with Crippen LogP contribution >= 0.6 is 0 Å². The maximum atomic E-state index is 13.6. The molecule has 82 valence electrons. The van der Waals surface area contributed by atoms with Crippen LogP contribution in [0.2, 0.25) is 0 Å². The summed E-state index contributed by atoms with van der Waals surface area (Å²) in [6, 6.07) is 2.71. The topological polar surface area (TPSA) is 26.0 Å². The first-order valence-corrected chi connectivity index (χ1v) is 5.22. The van der Waals surface area contributed by atoms with E-state index in [-0.39, 0.29) is 29.5 Å². The summed E-state index contributed by atoms with van der Waals surface area (Å²) in [6.07, 6.45) is 0.751. The summed E-state index contributed by atoms with van der Waals surface area (Å²) in [7, 11) is 0. The Morgan fingerprint density at radius 2 is 1.93 bits per heavy atom. The minimum Gasteiger partial charge on any atom is -0.327 e. The quantitative estimate of drug-likeness (QED) is 0.759. The van der Waals surface area contributed by atoms with Crippen molar-refractivity contribution in [2.75, 3.05) is 0 Å². The van der Waals surface area contributed by atoms with E-state index in [4.69, 9.17) is 5.73 Å². The van der Waals surface area contributed by atoms with Crippen LogP contribution in [0, 0.1) is 24.5 Å². The predicted molar refractivity (Wildman–Crippen MR) is 55.6 cm³/mol. The minimum absolute atomic E-state index is 0.0788. The van der Waals surface area contributed by atoms with Crippen molar-refractivity contribution in [2.45, 2.75) is 32.2 Å². The smallest absolute Gasteiger partial charge is 0.127 e. The summed E-state index contributed by atoms with van der Waals surface area (Å²) in [5.74, 6) is -0.326. The number of halogens is 2. The Balaban J connectivity index is 2.33. The maximum Gasteiger partial charge on any atom is 0.127 e. The Kier molecular flexibility index (Phi) is 2.51. The van der Waals surface area contributed by atoms with Gasteiger partial charge in [-0.1, -0.05) is 6.92 Å². The molecule has 1 aromatic rings. The van der Waals surface area contributed by atoms with Crippen LogP contribution in [0.4, 0.5) is 8.78 Å². The summed E-state index contributed by atoms with van der Waals surface area (Å²) in [5.41, 5.74) is 6.58. The maximum absolute atomic E-state index is 13.6. The summed E-state index contributed by atoms with van der Waals surface area (Å²) < 4.78 is 26.9. The number of hydrogen-bond acceptors (Lipinski definition) is 1. The van der Waals surface area contributed by atoms with Crippen molar-refractivity contribution in [1.82, 2.24) is 0 Å². The minimum atomic E-state index is -0.334. The zero-order valence-electron chi connectivity index (χ0n) is 8.93. The molecular weight excluding hydrogens is 196 g/mol. The number of nitrogens with two attached hydrogens (primary N) is 1. The predicted octanol–water partition coefficient (Wildman–Crippen LogP) is 2.72. The molecular formula is C12H15F2N. The van der Waals surface area contributed by atoms with Gasteiger partial charge in [0, 0.05) is 6.04 Å². The first-order valence-electron chi connectivity index (χ1n) is 5.22. The molecule has 2 N–H and O–H groups in total. The molecule has 1 saturated carbocycles. The second-order valence-corrected chi connectivity index (χ2v) is 4.49. The molecule has 3 heteroatoms. The van der Waals surface area contributed by atoms with Crippen molar-refractivity contribution in [1.29, 1.82) is 0 Å². The van der Waals surface area contributed by atoms with Crippen LogP contribution < -0.4 is 5.73 Å². The van der Waals surface area contributed by atoms with Gasteiger partial charge in [-0.05, 0) is 48.4 Å². The van der Waals surface area contributed by atoms with Crippen LogP contribution in [0.25, 0.3) is 0 Å². The van der Waals surface area contributed by atoms with E-state index in [0.717, 1.165) is 6.42 Å². The van der Waals surface area contributed by atoms with Crippen molar-refractivity contribution < 1.29 is 8.78 Å². The zero-order chi connectivity index (χ0) is 11.2. The van der Waals surface area contributed by atoms with Gasteiger partial charge in [-0.15, -0.1) is 0 Å². The molecule has 0 radical (unpaired) electrons. The number of rotatable bonds is 1. The van der Waals surface area contributed by atoms with E-state index in [0.29, 0.717) is 11.1 Å². The fourth-order valence-electron chi connectivity index (χ4n) is 2.18. The Morgan fingerprint density at radius 3 is 2.47 bits per heavy atom. The average Bonchev–Trinajstić information content (AvgIpc) is 2.20. The van der Waals surface area contributed by atoms with Gasteiger partial charge >= 0.3 is 0 Å². The molecule has 1 fully saturated rings. The summed E-state index contributed by atoms with van der Waals surface area (Å²) >= 11 is 0. The van der Waals surface area contributed by atoms with Crippen LogP contribution in [0.1, 0.15) is 30.4 Å². The first-order chi connectivity index (χ1) is 7.00. The molecule has 1 aliphatic rings. The fraction of sp³-hybridized carbons (Fsp3) is 0.500. The zero-order valence-corrected chi connectivity index (χ0v) is 8.93. The molecule has 0 saturated heterocycles. The second kappa shape index (κ2) is 3.56. The first kappa shape index (κ1) is 10.6. The molecule has 3 unspecified atom stereocenters.